The number of hydrogen-bond donors (Lipinski definition) is 1. The Bertz CT molecular complexity index is 764. The molecular formula is C19H21ClN2O. The Balaban J connectivity index is 2.07. The van der Waals surface area contributed by atoms with Gasteiger partial charge in [0.05, 0.1) is 5.52 Å². The highest BCUT2D eigenvalue weighted by atomic mass is 35.5. The number of rotatable bonds is 2. The Morgan fingerprint density at radius 1 is 1.26 bits per heavy atom. The predicted molar refractivity (Wildman–Crippen MR) is 94.4 cm³/mol. The Hall–Kier alpha value is -1.60. The first-order valence-corrected chi connectivity index (χ1v) is 8.36. The predicted octanol–water partition coefficient (Wildman–Crippen LogP) is 3.80. The molecule has 0 radical (unpaired) electrons. The zero-order valence-corrected chi connectivity index (χ0v) is 14.3. The third kappa shape index (κ3) is 3.84. The lowest BCUT2D eigenvalue weighted by Crippen LogP contribution is -2.26. The molecule has 2 heterocycles. The van der Waals surface area contributed by atoms with Gasteiger partial charge in [0.25, 0.3) is 0 Å². The monoisotopic (exact) mass is 328 g/mol. The first kappa shape index (κ1) is 16.3. The zero-order chi connectivity index (χ0) is 16.4. The first-order valence-electron chi connectivity index (χ1n) is 7.98. The lowest BCUT2D eigenvalue weighted by atomic mass is 10.0. The Labute approximate surface area is 142 Å². The SMILES string of the molecule is CC(C)(O)C#C[C@@H](c1cc2ccccc2nc1Cl)N1CCCC1. The van der Waals surface area contributed by atoms with Crippen LogP contribution in [-0.4, -0.2) is 33.7 Å². The lowest BCUT2D eigenvalue weighted by molar-refractivity contribution is 0.143. The van der Waals surface area contributed by atoms with Crippen LogP contribution in [-0.2, 0) is 0 Å². The molecule has 1 aromatic carbocycles. The number of benzene rings is 1. The number of likely N-dealkylation sites (tertiary alicyclic amines) is 1. The highest BCUT2D eigenvalue weighted by Gasteiger charge is 2.25. The van der Waals surface area contributed by atoms with E-state index in [4.69, 9.17) is 11.6 Å². The molecule has 0 spiro atoms. The molecule has 0 aliphatic carbocycles. The van der Waals surface area contributed by atoms with E-state index < -0.39 is 5.60 Å². The molecule has 4 heteroatoms. The van der Waals surface area contributed by atoms with Crippen LogP contribution in [0.5, 0.6) is 0 Å². The minimum atomic E-state index is -1.02. The number of para-hydroxylation sites is 1. The summed E-state index contributed by atoms with van der Waals surface area (Å²) in [5, 5.41) is 11.5. The second-order valence-corrected chi connectivity index (χ2v) is 6.89. The van der Waals surface area contributed by atoms with E-state index in [1.165, 1.54) is 12.8 Å². The highest BCUT2D eigenvalue weighted by Crippen LogP contribution is 2.31. The number of pyridine rings is 1. The van der Waals surface area contributed by atoms with Gasteiger partial charge in [0.15, 0.2) is 0 Å². The summed E-state index contributed by atoms with van der Waals surface area (Å²) in [6, 6.07) is 9.89. The number of fused-ring (bicyclic) bond motifs is 1. The van der Waals surface area contributed by atoms with Gasteiger partial charge in [0, 0.05) is 10.9 Å². The molecule has 1 N–H and O–H groups in total. The fourth-order valence-corrected chi connectivity index (χ4v) is 3.16. The van der Waals surface area contributed by atoms with E-state index in [9.17, 15) is 5.11 Å². The molecule has 23 heavy (non-hydrogen) atoms. The van der Waals surface area contributed by atoms with Crippen LogP contribution in [0.4, 0.5) is 0 Å². The van der Waals surface area contributed by atoms with Crippen LogP contribution in [0.2, 0.25) is 5.15 Å². The summed E-state index contributed by atoms with van der Waals surface area (Å²) in [6.07, 6.45) is 2.33. The van der Waals surface area contributed by atoms with Gasteiger partial charge in [-0.25, -0.2) is 4.98 Å². The zero-order valence-electron chi connectivity index (χ0n) is 13.5. The third-order valence-electron chi connectivity index (χ3n) is 4.02. The molecule has 1 fully saturated rings. The molecule has 2 aromatic rings. The molecule has 1 saturated heterocycles. The van der Waals surface area contributed by atoms with Crippen molar-refractivity contribution in [3.63, 3.8) is 0 Å². The normalized spacial score (nSPS) is 17.0. The van der Waals surface area contributed by atoms with E-state index in [2.05, 4.69) is 27.8 Å². The summed E-state index contributed by atoms with van der Waals surface area (Å²) in [4.78, 5) is 6.84. The molecule has 3 nitrogen and oxygen atoms in total. The van der Waals surface area contributed by atoms with Gasteiger partial charge in [0.1, 0.15) is 16.8 Å². The molecule has 120 valence electrons. The molecule has 0 bridgehead atoms. The number of aliphatic hydroxyl groups is 1. The number of nitrogens with zero attached hydrogens (tertiary/aromatic N) is 2. The van der Waals surface area contributed by atoms with E-state index in [0.29, 0.717) is 5.15 Å². The Morgan fingerprint density at radius 3 is 2.65 bits per heavy atom. The number of halogens is 1. The van der Waals surface area contributed by atoms with E-state index in [1.54, 1.807) is 13.8 Å². The third-order valence-corrected chi connectivity index (χ3v) is 4.32. The second-order valence-electron chi connectivity index (χ2n) is 6.54. The maximum atomic E-state index is 9.96. The van der Waals surface area contributed by atoms with Crippen LogP contribution in [0.3, 0.4) is 0 Å². The standard InChI is InChI=1S/C19H21ClN2O/c1-19(2,23)10-9-17(22-11-5-6-12-22)15-13-14-7-3-4-8-16(14)21-18(15)20/h3-4,7-8,13,17,23H,5-6,11-12H2,1-2H3/t17-/m0/s1. The van der Waals surface area contributed by atoms with E-state index >= 15 is 0 Å². The van der Waals surface area contributed by atoms with Crippen LogP contribution in [0, 0.1) is 11.8 Å². The first-order chi connectivity index (χ1) is 10.9. The smallest absolute Gasteiger partial charge is 0.135 e. The molecular weight excluding hydrogens is 308 g/mol. The van der Waals surface area contributed by atoms with Crippen molar-refractivity contribution in [2.45, 2.75) is 38.3 Å². The summed E-state index contributed by atoms with van der Waals surface area (Å²) >= 11 is 6.46. The van der Waals surface area contributed by atoms with Crippen molar-refractivity contribution in [1.82, 2.24) is 9.88 Å². The summed E-state index contributed by atoms with van der Waals surface area (Å²) in [7, 11) is 0. The van der Waals surface area contributed by atoms with Gasteiger partial charge in [-0.05, 0) is 51.9 Å². The minimum Gasteiger partial charge on any atom is -0.378 e. The highest BCUT2D eigenvalue weighted by molar-refractivity contribution is 6.30. The minimum absolute atomic E-state index is 0.131. The maximum Gasteiger partial charge on any atom is 0.135 e. The van der Waals surface area contributed by atoms with Crippen LogP contribution in [0.15, 0.2) is 30.3 Å². The molecule has 0 amide bonds. The number of aromatic nitrogens is 1. The summed E-state index contributed by atoms with van der Waals surface area (Å²) in [5.74, 6) is 6.18. The van der Waals surface area contributed by atoms with Gasteiger partial charge in [-0.2, -0.15) is 0 Å². The largest absolute Gasteiger partial charge is 0.378 e. The summed E-state index contributed by atoms with van der Waals surface area (Å²) in [6.45, 7) is 5.38. The van der Waals surface area contributed by atoms with Gasteiger partial charge >= 0.3 is 0 Å². The van der Waals surface area contributed by atoms with Crippen molar-refractivity contribution in [2.24, 2.45) is 0 Å². The topological polar surface area (TPSA) is 36.4 Å². The van der Waals surface area contributed by atoms with Crippen molar-refractivity contribution in [2.75, 3.05) is 13.1 Å². The summed E-state index contributed by atoms with van der Waals surface area (Å²) < 4.78 is 0. The van der Waals surface area contributed by atoms with Gasteiger partial charge in [-0.15, -0.1) is 0 Å². The van der Waals surface area contributed by atoms with Crippen LogP contribution >= 0.6 is 11.6 Å². The van der Waals surface area contributed by atoms with Crippen molar-refractivity contribution in [1.29, 1.82) is 0 Å². The van der Waals surface area contributed by atoms with Gasteiger partial charge < -0.3 is 5.11 Å². The fourth-order valence-electron chi connectivity index (χ4n) is 2.91. The van der Waals surface area contributed by atoms with E-state index in [-0.39, 0.29) is 6.04 Å². The van der Waals surface area contributed by atoms with Gasteiger partial charge in [-0.1, -0.05) is 41.6 Å². The lowest BCUT2D eigenvalue weighted by Gasteiger charge is -2.24. The summed E-state index contributed by atoms with van der Waals surface area (Å²) in [5.41, 5.74) is 0.787. The van der Waals surface area contributed by atoms with Crippen LogP contribution < -0.4 is 0 Å². The van der Waals surface area contributed by atoms with E-state index in [0.717, 1.165) is 29.6 Å². The average molecular weight is 329 g/mol. The Kier molecular flexibility index (Phi) is 4.59. The average Bonchev–Trinajstić information content (AvgIpc) is 3.01. The molecule has 1 aliphatic rings. The molecule has 1 aliphatic heterocycles. The van der Waals surface area contributed by atoms with Gasteiger partial charge in [-0.3, -0.25) is 4.90 Å². The van der Waals surface area contributed by atoms with Crippen molar-refractivity contribution in [3.05, 3.63) is 41.0 Å². The Morgan fingerprint density at radius 2 is 1.96 bits per heavy atom. The molecule has 1 atom stereocenters. The number of hydrogen-bond acceptors (Lipinski definition) is 3. The molecule has 0 saturated carbocycles. The van der Waals surface area contributed by atoms with Gasteiger partial charge in [0.2, 0.25) is 0 Å². The maximum absolute atomic E-state index is 9.96. The van der Waals surface area contributed by atoms with Crippen molar-refractivity contribution in [3.8, 4) is 11.8 Å². The van der Waals surface area contributed by atoms with E-state index in [1.807, 2.05) is 24.3 Å². The molecule has 1 aromatic heterocycles. The van der Waals surface area contributed by atoms with Crippen LogP contribution in [0.1, 0.15) is 38.3 Å². The second kappa shape index (κ2) is 6.49. The molecule has 3 rings (SSSR count). The van der Waals surface area contributed by atoms with Crippen LogP contribution in [0.25, 0.3) is 10.9 Å². The quantitative estimate of drug-likeness (QED) is 0.673. The molecule has 0 unspecified atom stereocenters. The fraction of sp³-hybridized carbons (Fsp3) is 0.421. The van der Waals surface area contributed by atoms with Crippen molar-refractivity contribution < 1.29 is 5.11 Å². The van der Waals surface area contributed by atoms with Crippen molar-refractivity contribution >= 4 is 22.5 Å².